The molecule has 1 aromatic carbocycles. The summed E-state index contributed by atoms with van der Waals surface area (Å²) in [6.45, 7) is 0.582. The first-order valence-electron chi connectivity index (χ1n) is 8.83. The number of hydrogen-bond acceptors (Lipinski definition) is 5. The molecule has 2 aromatic heterocycles. The summed E-state index contributed by atoms with van der Waals surface area (Å²) in [7, 11) is 1.57. The van der Waals surface area contributed by atoms with E-state index in [1.165, 1.54) is 4.68 Å². The van der Waals surface area contributed by atoms with Gasteiger partial charge in [-0.25, -0.2) is 9.48 Å². The number of carbonyl (C=O) groups is 1. The Labute approximate surface area is 155 Å². The van der Waals surface area contributed by atoms with Gasteiger partial charge in [-0.1, -0.05) is 0 Å². The highest BCUT2D eigenvalue weighted by atomic mass is 16.5. The molecule has 0 radical (unpaired) electrons. The van der Waals surface area contributed by atoms with Gasteiger partial charge in [-0.3, -0.25) is 9.36 Å². The average molecular weight is 368 g/mol. The van der Waals surface area contributed by atoms with Gasteiger partial charge in [0.25, 0.3) is 5.91 Å². The molecule has 0 unspecified atom stereocenters. The maximum atomic E-state index is 12.7. The van der Waals surface area contributed by atoms with Crippen molar-refractivity contribution in [1.82, 2.24) is 19.7 Å². The van der Waals surface area contributed by atoms with Crippen LogP contribution >= 0.6 is 0 Å². The van der Waals surface area contributed by atoms with E-state index in [1.54, 1.807) is 54.3 Å². The standard InChI is InChI=1S/C19H20N4O4/c1-26-15-8-4-13(5-9-15)18(24)20-10-11-22-19(25)23(14-6-7-14)17(21-22)16-3-2-12-27-16/h2-5,8-9,12,14H,6-7,10-11H2,1H3,(H,20,24). The van der Waals surface area contributed by atoms with Crippen LogP contribution in [0.15, 0.2) is 51.9 Å². The Balaban J connectivity index is 1.44. The van der Waals surface area contributed by atoms with Crippen LogP contribution in [0.5, 0.6) is 5.75 Å². The molecule has 27 heavy (non-hydrogen) atoms. The van der Waals surface area contributed by atoms with Crippen LogP contribution in [0.3, 0.4) is 0 Å². The molecule has 0 aliphatic heterocycles. The van der Waals surface area contributed by atoms with Gasteiger partial charge < -0.3 is 14.5 Å². The molecule has 4 rings (SSSR count). The number of rotatable bonds is 7. The first-order valence-corrected chi connectivity index (χ1v) is 8.83. The van der Waals surface area contributed by atoms with E-state index in [0.29, 0.717) is 29.4 Å². The van der Waals surface area contributed by atoms with Gasteiger partial charge in [-0.15, -0.1) is 5.10 Å². The molecule has 1 aliphatic carbocycles. The smallest absolute Gasteiger partial charge is 0.346 e. The Morgan fingerprint density at radius 2 is 2.07 bits per heavy atom. The largest absolute Gasteiger partial charge is 0.497 e. The predicted molar refractivity (Wildman–Crippen MR) is 97.8 cm³/mol. The number of ether oxygens (including phenoxy) is 1. The zero-order valence-electron chi connectivity index (χ0n) is 14.9. The number of aromatic nitrogens is 3. The molecule has 2 heterocycles. The monoisotopic (exact) mass is 368 g/mol. The molecule has 0 saturated heterocycles. The summed E-state index contributed by atoms with van der Waals surface area (Å²) in [6.07, 6.45) is 3.49. The fourth-order valence-electron chi connectivity index (χ4n) is 2.92. The highest BCUT2D eigenvalue weighted by molar-refractivity contribution is 5.94. The normalized spacial score (nSPS) is 13.5. The molecule has 8 nitrogen and oxygen atoms in total. The molecule has 0 spiro atoms. The van der Waals surface area contributed by atoms with Gasteiger partial charge in [0.15, 0.2) is 5.76 Å². The minimum absolute atomic E-state index is 0.178. The van der Waals surface area contributed by atoms with E-state index in [1.807, 2.05) is 0 Å². The SMILES string of the molecule is COc1ccc(C(=O)NCCn2nc(-c3ccco3)n(C3CC3)c2=O)cc1. The maximum Gasteiger partial charge on any atom is 0.346 e. The topological polar surface area (TPSA) is 91.3 Å². The molecule has 1 amide bonds. The Morgan fingerprint density at radius 3 is 2.70 bits per heavy atom. The summed E-state index contributed by atoms with van der Waals surface area (Å²) in [5.74, 6) is 1.58. The molecule has 8 heteroatoms. The van der Waals surface area contributed by atoms with Gasteiger partial charge in [0, 0.05) is 18.2 Å². The molecule has 1 fully saturated rings. The maximum absolute atomic E-state index is 12.7. The number of furan rings is 1. The number of carbonyl (C=O) groups excluding carboxylic acids is 1. The lowest BCUT2D eigenvalue weighted by Crippen LogP contribution is -2.32. The molecule has 0 atom stereocenters. The molecule has 140 valence electrons. The minimum Gasteiger partial charge on any atom is -0.497 e. The molecule has 0 bridgehead atoms. The van der Waals surface area contributed by atoms with Gasteiger partial charge >= 0.3 is 5.69 Å². The van der Waals surface area contributed by atoms with E-state index in [-0.39, 0.29) is 24.2 Å². The lowest BCUT2D eigenvalue weighted by Gasteiger charge is -2.05. The van der Waals surface area contributed by atoms with E-state index in [9.17, 15) is 9.59 Å². The Morgan fingerprint density at radius 1 is 1.30 bits per heavy atom. The van der Waals surface area contributed by atoms with Crippen LogP contribution in [0.2, 0.25) is 0 Å². The number of benzene rings is 1. The lowest BCUT2D eigenvalue weighted by molar-refractivity contribution is 0.0951. The lowest BCUT2D eigenvalue weighted by atomic mass is 10.2. The van der Waals surface area contributed by atoms with Crippen molar-refractivity contribution in [3.8, 4) is 17.3 Å². The molecule has 1 N–H and O–H groups in total. The highest BCUT2D eigenvalue weighted by Gasteiger charge is 2.31. The third-order valence-electron chi connectivity index (χ3n) is 4.49. The average Bonchev–Trinajstić information content (AvgIpc) is 3.26. The summed E-state index contributed by atoms with van der Waals surface area (Å²) in [6, 6.07) is 10.6. The predicted octanol–water partition coefficient (Wildman–Crippen LogP) is 2.08. The Bertz CT molecular complexity index is 982. The van der Waals surface area contributed by atoms with Gasteiger partial charge in [0.05, 0.1) is 19.9 Å². The summed E-state index contributed by atoms with van der Waals surface area (Å²) >= 11 is 0. The van der Waals surface area contributed by atoms with Gasteiger partial charge in [-0.05, 0) is 49.2 Å². The number of nitrogens with zero attached hydrogens (tertiary/aromatic N) is 3. The molecule has 1 saturated carbocycles. The first-order chi connectivity index (χ1) is 13.2. The van der Waals surface area contributed by atoms with E-state index in [2.05, 4.69) is 10.4 Å². The van der Waals surface area contributed by atoms with Crippen molar-refractivity contribution < 1.29 is 13.9 Å². The molecular weight excluding hydrogens is 348 g/mol. The van der Waals surface area contributed by atoms with E-state index in [4.69, 9.17) is 9.15 Å². The Kier molecular flexibility index (Phi) is 4.53. The summed E-state index contributed by atoms with van der Waals surface area (Å²) in [5.41, 5.74) is 0.352. The zero-order valence-corrected chi connectivity index (χ0v) is 14.9. The van der Waals surface area contributed by atoms with Gasteiger partial charge in [-0.2, -0.15) is 0 Å². The number of methoxy groups -OCH3 is 1. The molecule has 1 aliphatic rings. The quantitative estimate of drug-likeness (QED) is 0.689. The molecule has 3 aromatic rings. The molecular formula is C19H20N4O4. The first kappa shape index (κ1) is 17.1. The summed E-state index contributed by atoms with van der Waals surface area (Å²) in [4.78, 5) is 24.9. The van der Waals surface area contributed by atoms with Crippen LogP contribution < -0.4 is 15.7 Å². The highest BCUT2D eigenvalue weighted by Crippen LogP contribution is 2.36. The van der Waals surface area contributed by atoms with Crippen molar-refractivity contribution in [3.63, 3.8) is 0 Å². The van der Waals surface area contributed by atoms with Crippen LogP contribution in [0.4, 0.5) is 0 Å². The summed E-state index contributed by atoms with van der Waals surface area (Å²) < 4.78 is 13.6. The van der Waals surface area contributed by atoms with Crippen molar-refractivity contribution in [2.24, 2.45) is 0 Å². The van der Waals surface area contributed by atoms with Crippen LogP contribution in [0.25, 0.3) is 11.6 Å². The van der Waals surface area contributed by atoms with Crippen molar-refractivity contribution in [2.75, 3.05) is 13.7 Å². The van der Waals surface area contributed by atoms with Gasteiger partial charge in [0.1, 0.15) is 5.75 Å². The number of hydrogen-bond donors (Lipinski definition) is 1. The van der Waals surface area contributed by atoms with Gasteiger partial charge in [0.2, 0.25) is 5.82 Å². The fraction of sp³-hybridized carbons (Fsp3) is 0.316. The fourth-order valence-corrected chi connectivity index (χ4v) is 2.92. The van der Waals surface area contributed by atoms with Crippen LogP contribution in [-0.2, 0) is 6.54 Å². The van der Waals surface area contributed by atoms with Crippen LogP contribution in [0.1, 0.15) is 29.2 Å². The van der Waals surface area contributed by atoms with Crippen molar-refractivity contribution in [2.45, 2.75) is 25.4 Å². The third kappa shape index (κ3) is 3.51. The third-order valence-corrected chi connectivity index (χ3v) is 4.49. The van der Waals surface area contributed by atoms with Crippen LogP contribution in [-0.4, -0.2) is 33.9 Å². The number of nitrogens with one attached hydrogen (secondary N) is 1. The second kappa shape index (κ2) is 7.14. The van der Waals surface area contributed by atoms with Crippen molar-refractivity contribution in [3.05, 3.63) is 58.7 Å². The van der Waals surface area contributed by atoms with E-state index in [0.717, 1.165) is 12.8 Å². The second-order valence-electron chi connectivity index (χ2n) is 6.39. The van der Waals surface area contributed by atoms with E-state index < -0.39 is 0 Å². The number of amides is 1. The van der Waals surface area contributed by atoms with Crippen molar-refractivity contribution >= 4 is 5.91 Å². The Hall–Kier alpha value is -3.29. The van der Waals surface area contributed by atoms with Crippen molar-refractivity contribution in [1.29, 1.82) is 0 Å². The van der Waals surface area contributed by atoms with E-state index >= 15 is 0 Å². The summed E-state index contributed by atoms with van der Waals surface area (Å²) in [5, 5.41) is 7.22. The zero-order chi connectivity index (χ0) is 18.8. The minimum atomic E-state index is -0.210. The van der Waals surface area contributed by atoms with Crippen LogP contribution in [0, 0.1) is 0 Å². The second-order valence-corrected chi connectivity index (χ2v) is 6.39.